The van der Waals surface area contributed by atoms with E-state index in [1.807, 2.05) is 30.3 Å². The first-order chi connectivity index (χ1) is 7.79. The van der Waals surface area contributed by atoms with Gasteiger partial charge >= 0.3 is 0 Å². The maximum atomic E-state index is 5.54. The zero-order valence-electron chi connectivity index (χ0n) is 9.23. The van der Waals surface area contributed by atoms with Crippen LogP contribution in [-0.2, 0) is 0 Å². The fraction of sp³-hybridized carbons (Fsp3) is 0.250. The summed E-state index contributed by atoms with van der Waals surface area (Å²) in [5, 5.41) is 6.76. The normalized spacial score (nSPS) is 10.3. The molecule has 0 saturated carbocycles. The van der Waals surface area contributed by atoms with Gasteiger partial charge in [-0.2, -0.15) is 5.10 Å². The topological polar surface area (TPSA) is 63.9 Å². The zero-order chi connectivity index (χ0) is 11.4. The number of nitrogens with two attached hydrogens (primary N) is 1. The van der Waals surface area contributed by atoms with Crippen LogP contribution in [0.1, 0.15) is 13.3 Å². The van der Waals surface area contributed by atoms with Crippen molar-refractivity contribution >= 4 is 5.82 Å². The van der Waals surface area contributed by atoms with Gasteiger partial charge in [0, 0.05) is 6.07 Å². The summed E-state index contributed by atoms with van der Waals surface area (Å²) >= 11 is 0. The van der Waals surface area contributed by atoms with Gasteiger partial charge in [0.05, 0.1) is 12.3 Å². The first-order valence-corrected chi connectivity index (χ1v) is 5.33. The number of nitrogens with one attached hydrogen (secondary N) is 1. The van der Waals surface area contributed by atoms with Gasteiger partial charge in [-0.3, -0.25) is 5.10 Å². The molecule has 0 aliphatic heterocycles. The van der Waals surface area contributed by atoms with E-state index in [-0.39, 0.29) is 0 Å². The van der Waals surface area contributed by atoms with Crippen molar-refractivity contribution in [3.05, 3.63) is 30.3 Å². The molecule has 0 aliphatic carbocycles. The molecular weight excluding hydrogens is 202 g/mol. The molecule has 16 heavy (non-hydrogen) atoms. The highest BCUT2D eigenvalue weighted by Crippen LogP contribution is 2.21. The molecule has 0 radical (unpaired) electrons. The molecule has 0 saturated heterocycles. The lowest BCUT2D eigenvalue weighted by Crippen LogP contribution is -1.94. The second-order valence-corrected chi connectivity index (χ2v) is 3.58. The van der Waals surface area contributed by atoms with E-state index in [1.54, 1.807) is 0 Å². The van der Waals surface area contributed by atoms with Gasteiger partial charge in [-0.1, -0.05) is 6.92 Å². The minimum atomic E-state index is 0.501. The maximum absolute atomic E-state index is 5.54. The molecule has 2 aromatic rings. The van der Waals surface area contributed by atoms with Gasteiger partial charge in [-0.15, -0.1) is 0 Å². The van der Waals surface area contributed by atoms with Crippen molar-refractivity contribution in [1.29, 1.82) is 0 Å². The Kier molecular flexibility index (Phi) is 3.10. The molecule has 0 fully saturated rings. The van der Waals surface area contributed by atoms with Crippen LogP contribution in [0.4, 0.5) is 5.82 Å². The maximum Gasteiger partial charge on any atom is 0.145 e. The van der Waals surface area contributed by atoms with Crippen molar-refractivity contribution in [3.63, 3.8) is 0 Å². The summed E-state index contributed by atoms with van der Waals surface area (Å²) < 4.78 is 5.50. The lowest BCUT2D eigenvalue weighted by atomic mass is 10.1. The lowest BCUT2D eigenvalue weighted by molar-refractivity contribution is 0.317. The van der Waals surface area contributed by atoms with Crippen LogP contribution in [0.15, 0.2) is 30.3 Å². The van der Waals surface area contributed by atoms with Crippen molar-refractivity contribution in [1.82, 2.24) is 10.2 Å². The SMILES string of the molecule is CCCOc1ccc(-c2cc(N)n[nH]2)cc1. The number of hydrogen-bond acceptors (Lipinski definition) is 3. The number of aromatic amines is 1. The molecule has 3 N–H and O–H groups in total. The standard InChI is InChI=1S/C12H15N3O/c1-2-7-16-10-5-3-9(4-6-10)11-8-12(13)15-14-11/h3-6,8H,2,7H2,1H3,(H3,13,14,15). The van der Waals surface area contributed by atoms with Gasteiger partial charge in [-0.05, 0) is 36.2 Å². The number of nitrogen functional groups attached to an aromatic ring is 1. The molecule has 2 rings (SSSR count). The Labute approximate surface area is 94.4 Å². The van der Waals surface area contributed by atoms with Crippen LogP contribution in [-0.4, -0.2) is 16.8 Å². The van der Waals surface area contributed by atoms with E-state index in [9.17, 15) is 0 Å². The number of nitrogens with zero attached hydrogens (tertiary/aromatic N) is 1. The average Bonchev–Trinajstić information content (AvgIpc) is 2.74. The first-order valence-electron chi connectivity index (χ1n) is 5.33. The van der Waals surface area contributed by atoms with Gasteiger partial charge < -0.3 is 10.5 Å². The predicted molar refractivity (Wildman–Crippen MR) is 64.2 cm³/mol. The summed E-state index contributed by atoms with van der Waals surface area (Å²) in [5.74, 6) is 1.39. The molecule has 4 heteroatoms. The Morgan fingerprint density at radius 3 is 2.62 bits per heavy atom. The monoisotopic (exact) mass is 217 g/mol. The van der Waals surface area contributed by atoms with Crippen molar-refractivity contribution in [2.45, 2.75) is 13.3 Å². The summed E-state index contributed by atoms with van der Waals surface area (Å²) in [7, 11) is 0. The molecule has 0 spiro atoms. The molecule has 4 nitrogen and oxygen atoms in total. The van der Waals surface area contributed by atoms with E-state index >= 15 is 0 Å². The third kappa shape index (κ3) is 2.34. The number of anilines is 1. The fourth-order valence-corrected chi connectivity index (χ4v) is 1.44. The van der Waals surface area contributed by atoms with Crippen LogP contribution in [0.3, 0.4) is 0 Å². The summed E-state index contributed by atoms with van der Waals surface area (Å²) in [4.78, 5) is 0. The minimum Gasteiger partial charge on any atom is -0.494 e. The van der Waals surface area contributed by atoms with E-state index in [0.29, 0.717) is 5.82 Å². The van der Waals surface area contributed by atoms with Crippen molar-refractivity contribution in [2.75, 3.05) is 12.3 Å². The lowest BCUT2D eigenvalue weighted by Gasteiger charge is -2.04. The third-order valence-electron chi connectivity index (χ3n) is 2.24. The van der Waals surface area contributed by atoms with Crippen LogP contribution in [0.5, 0.6) is 5.75 Å². The Balaban J connectivity index is 2.13. The van der Waals surface area contributed by atoms with Crippen molar-refractivity contribution < 1.29 is 4.74 Å². The fourth-order valence-electron chi connectivity index (χ4n) is 1.44. The molecule has 0 aliphatic rings. The molecule has 0 unspecified atom stereocenters. The summed E-state index contributed by atoms with van der Waals surface area (Å²) in [6.45, 7) is 2.83. The molecule has 0 bridgehead atoms. The second-order valence-electron chi connectivity index (χ2n) is 3.58. The van der Waals surface area contributed by atoms with Crippen LogP contribution >= 0.6 is 0 Å². The van der Waals surface area contributed by atoms with Crippen molar-refractivity contribution in [3.8, 4) is 17.0 Å². The number of ether oxygens (including phenoxy) is 1. The van der Waals surface area contributed by atoms with Crippen LogP contribution in [0, 0.1) is 0 Å². The molecule has 84 valence electrons. The molecule has 1 aromatic heterocycles. The Morgan fingerprint density at radius 1 is 1.31 bits per heavy atom. The van der Waals surface area contributed by atoms with E-state index in [0.717, 1.165) is 30.0 Å². The molecular formula is C12H15N3O. The third-order valence-corrected chi connectivity index (χ3v) is 2.24. The smallest absolute Gasteiger partial charge is 0.145 e. The van der Waals surface area contributed by atoms with Crippen LogP contribution < -0.4 is 10.5 Å². The highest BCUT2D eigenvalue weighted by Gasteiger charge is 2.01. The highest BCUT2D eigenvalue weighted by atomic mass is 16.5. The Bertz CT molecular complexity index is 448. The summed E-state index contributed by atoms with van der Waals surface area (Å²) in [5.41, 5.74) is 7.51. The van der Waals surface area contributed by atoms with Crippen LogP contribution in [0.2, 0.25) is 0 Å². The minimum absolute atomic E-state index is 0.501. The molecule has 1 aromatic carbocycles. The van der Waals surface area contributed by atoms with E-state index < -0.39 is 0 Å². The first kappa shape index (κ1) is 10.5. The van der Waals surface area contributed by atoms with Gasteiger partial charge in [0.25, 0.3) is 0 Å². The highest BCUT2D eigenvalue weighted by molar-refractivity contribution is 5.62. The number of rotatable bonds is 4. The van der Waals surface area contributed by atoms with Gasteiger partial charge in [0.1, 0.15) is 11.6 Å². The number of H-pyrrole nitrogens is 1. The van der Waals surface area contributed by atoms with E-state index in [4.69, 9.17) is 10.5 Å². The molecule has 0 atom stereocenters. The quantitative estimate of drug-likeness (QED) is 0.826. The number of benzene rings is 1. The van der Waals surface area contributed by atoms with Crippen molar-refractivity contribution in [2.24, 2.45) is 0 Å². The predicted octanol–water partition coefficient (Wildman–Crippen LogP) is 2.45. The van der Waals surface area contributed by atoms with Crippen LogP contribution in [0.25, 0.3) is 11.3 Å². The molecule has 0 amide bonds. The van der Waals surface area contributed by atoms with Gasteiger partial charge in [0.15, 0.2) is 0 Å². The van der Waals surface area contributed by atoms with E-state index in [2.05, 4.69) is 17.1 Å². The second kappa shape index (κ2) is 4.70. The van der Waals surface area contributed by atoms with Gasteiger partial charge in [-0.25, -0.2) is 0 Å². The Morgan fingerprint density at radius 2 is 2.06 bits per heavy atom. The average molecular weight is 217 g/mol. The van der Waals surface area contributed by atoms with Gasteiger partial charge in [0.2, 0.25) is 0 Å². The summed E-state index contributed by atoms with van der Waals surface area (Å²) in [6.07, 6.45) is 1.01. The molecule has 1 heterocycles. The zero-order valence-corrected chi connectivity index (χ0v) is 9.23. The Hall–Kier alpha value is -1.97. The summed E-state index contributed by atoms with van der Waals surface area (Å²) in [6, 6.07) is 9.67. The largest absolute Gasteiger partial charge is 0.494 e. The van der Waals surface area contributed by atoms with E-state index in [1.165, 1.54) is 0 Å². The number of aromatic nitrogens is 2. The number of hydrogen-bond donors (Lipinski definition) is 2.